The Kier molecular flexibility index (Phi) is 4.41. The lowest BCUT2D eigenvalue weighted by molar-refractivity contribution is 0.584. The molecule has 4 heteroatoms. The molecule has 0 bridgehead atoms. The van der Waals surface area contributed by atoms with Gasteiger partial charge in [-0.3, -0.25) is 0 Å². The Balaban J connectivity index is 2.51. The van der Waals surface area contributed by atoms with E-state index in [2.05, 4.69) is 31.1 Å². The number of rotatable bonds is 4. The summed E-state index contributed by atoms with van der Waals surface area (Å²) in [5, 5.41) is 3.38. The van der Waals surface area contributed by atoms with Crippen molar-refractivity contribution in [2.45, 2.75) is 31.9 Å². The van der Waals surface area contributed by atoms with Crippen molar-refractivity contribution in [3.05, 3.63) is 16.1 Å². The summed E-state index contributed by atoms with van der Waals surface area (Å²) in [5.74, 6) is 2.01. The topological polar surface area (TPSA) is 38.9 Å². The van der Waals surface area contributed by atoms with Gasteiger partial charge >= 0.3 is 0 Å². The highest BCUT2D eigenvalue weighted by Gasteiger charge is 2.17. The Morgan fingerprint density at radius 3 is 2.71 bits per heavy atom. The highest BCUT2D eigenvalue weighted by molar-refractivity contribution is 7.98. The normalized spacial score (nSPS) is 12.0. The van der Waals surface area contributed by atoms with Crippen molar-refractivity contribution in [3.8, 4) is 0 Å². The summed E-state index contributed by atoms with van der Waals surface area (Å²) < 4.78 is 0. The van der Waals surface area contributed by atoms with Gasteiger partial charge in [0, 0.05) is 28.8 Å². The molecule has 0 saturated carbocycles. The second-order valence-electron chi connectivity index (χ2n) is 4.24. The molecule has 2 nitrogen and oxygen atoms in total. The van der Waals surface area contributed by atoms with Gasteiger partial charge in [0.25, 0.3) is 0 Å². The Morgan fingerprint density at radius 2 is 2.21 bits per heavy atom. The average Bonchev–Trinajstić information content (AvgIpc) is 2.52. The third kappa shape index (κ3) is 3.59. The lowest BCUT2D eigenvalue weighted by atomic mass is 9.98. The molecule has 2 N–H and O–H groups in total. The van der Waals surface area contributed by atoms with E-state index >= 15 is 0 Å². The van der Waals surface area contributed by atoms with Gasteiger partial charge in [-0.05, 0) is 0 Å². The first kappa shape index (κ1) is 12.0. The monoisotopic (exact) mass is 230 g/mol. The molecule has 1 rings (SSSR count). The van der Waals surface area contributed by atoms with Gasteiger partial charge in [-0.25, -0.2) is 4.98 Å². The van der Waals surface area contributed by atoms with Gasteiger partial charge < -0.3 is 5.73 Å². The van der Waals surface area contributed by atoms with E-state index < -0.39 is 0 Å². The molecule has 0 radical (unpaired) electrons. The van der Waals surface area contributed by atoms with Crippen LogP contribution in [0.2, 0.25) is 0 Å². The van der Waals surface area contributed by atoms with Crippen LogP contribution in [-0.2, 0) is 11.2 Å². The fourth-order valence-electron chi connectivity index (χ4n) is 0.978. The average molecular weight is 230 g/mol. The summed E-state index contributed by atoms with van der Waals surface area (Å²) in [7, 11) is 0. The molecule has 1 heterocycles. The van der Waals surface area contributed by atoms with Crippen LogP contribution >= 0.6 is 23.1 Å². The SMILES string of the molecule is CC(C)(C)c1nc(CSCCN)cs1. The molecule has 1 aromatic rings. The molecule has 0 atom stereocenters. The third-order valence-corrected chi connectivity index (χ3v) is 4.05. The smallest absolute Gasteiger partial charge is 0.0982 e. The van der Waals surface area contributed by atoms with Crippen LogP contribution in [0.25, 0.3) is 0 Å². The van der Waals surface area contributed by atoms with Gasteiger partial charge in [0.2, 0.25) is 0 Å². The van der Waals surface area contributed by atoms with Crippen molar-refractivity contribution in [2.75, 3.05) is 12.3 Å². The van der Waals surface area contributed by atoms with E-state index in [4.69, 9.17) is 5.73 Å². The summed E-state index contributed by atoms with van der Waals surface area (Å²) in [6.07, 6.45) is 0. The largest absolute Gasteiger partial charge is 0.330 e. The molecular formula is C10H18N2S2. The second kappa shape index (κ2) is 5.14. The zero-order valence-electron chi connectivity index (χ0n) is 9.04. The van der Waals surface area contributed by atoms with Crippen LogP contribution in [0.3, 0.4) is 0 Å². The number of aromatic nitrogens is 1. The Bertz CT molecular complexity index is 276. The van der Waals surface area contributed by atoms with Crippen molar-refractivity contribution >= 4 is 23.1 Å². The number of nitrogens with two attached hydrogens (primary N) is 1. The van der Waals surface area contributed by atoms with Crippen molar-refractivity contribution in [1.82, 2.24) is 4.98 Å². The van der Waals surface area contributed by atoms with E-state index in [0.29, 0.717) is 0 Å². The van der Waals surface area contributed by atoms with E-state index in [1.54, 1.807) is 11.3 Å². The molecule has 80 valence electrons. The summed E-state index contributed by atoms with van der Waals surface area (Å²) in [6, 6.07) is 0. The Hall–Kier alpha value is -0.0600. The van der Waals surface area contributed by atoms with Gasteiger partial charge in [0.15, 0.2) is 0 Å². The molecule has 0 aliphatic rings. The lowest BCUT2D eigenvalue weighted by Crippen LogP contribution is -2.10. The van der Waals surface area contributed by atoms with Crippen LogP contribution in [0.1, 0.15) is 31.5 Å². The number of nitrogens with zero attached hydrogens (tertiary/aromatic N) is 1. The predicted molar refractivity (Wildman–Crippen MR) is 66.0 cm³/mol. The highest BCUT2D eigenvalue weighted by Crippen LogP contribution is 2.26. The van der Waals surface area contributed by atoms with E-state index in [9.17, 15) is 0 Å². The molecule has 0 aromatic carbocycles. The Morgan fingerprint density at radius 1 is 1.50 bits per heavy atom. The molecule has 0 unspecified atom stereocenters. The minimum Gasteiger partial charge on any atom is -0.330 e. The van der Waals surface area contributed by atoms with E-state index in [1.807, 2.05) is 11.8 Å². The lowest BCUT2D eigenvalue weighted by Gasteiger charge is -2.13. The third-order valence-electron chi connectivity index (χ3n) is 1.71. The van der Waals surface area contributed by atoms with Crippen LogP contribution in [0.5, 0.6) is 0 Å². The molecule has 0 aliphatic carbocycles. The first-order valence-electron chi connectivity index (χ1n) is 4.76. The van der Waals surface area contributed by atoms with Gasteiger partial charge in [0.1, 0.15) is 0 Å². The quantitative estimate of drug-likeness (QED) is 0.808. The van der Waals surface area contributed by atoms with Gasteiger partial charge in [0.05, 0.1) is 10.7 Å². The van der Waals surface area contributed by atoms with Crippen LogP contribution in [0, 0.1) is 0 Å². The maximum absolute atomic E-state index is 5.43. The first-order valence-corrected chi connectivity index (χ1v) is 6.80. The number of hydrogen-bond acceptors (Lipinski definition) is 4. The number of thiazole rings is 1. The Labute approximate surface area is 94.3 Å². The van der Waals surface area contributed by atoms with Gasteiger partial charge in [-0.1, -0.05) is 20.8 Å². The molecule has 0 fully saturated rings. The molecule has 0 aliphatic heterocycles. The second-order valence-corrected chi connectivity index (χ2v) is 6.20. The molecule has 0 amide bonds. The fourth-order valence-corrected chi connectivity index (χ4v) is 2.66. The van der Waals surface area contributed by atoms with Crippen LogP contribution in [-0.4, -0.2) is 17.3 Å². The summed E-state index contributed by atoms with van der Waals surface area (Å²) in [6.45, 7) is 7.34. The summed E-state index contributed by atoms with van der Waals surface area (Å²) in [5.41, 5.74) is 6.80. The summed E-state index contributed by atoms with van der Waals surface area (Å²) >= 11 is 3.61. The van der Waals surface area contributed by atoms with E-state index in [-0.39, 0.29) is 5.41 Å². The van der Waals surface area contributed by atoms with Crippen molar-refractivity contribution in [1.29, 1.82) is 0 Å². The molecular weight excluding hydrogens is 212 g/mol. The highest BCUT2D eigenvalue weighted by atomic mass is 32.2. The van der Waals surface area contributed by atoms with Crippen molar-refractivity contribution < 1.29 is 0 Å². The van der Waals surface area contributed by atoms with Crippen molar-refractivity contribution in [3.63, 3.8) is 0 Å². The maximum Gasteiger partial charge on any atom is 0.0982 e. The zero-order valence-corrected chi connectivity index (χ0v) is 10.7. The van der Waals surface area contributed by atoms with Crippen molar-refractivity contribution in [2.24, 2.45) is 5.73 Å². The van der Waals surface area contributed by atoms with E-state index in [1.165, 1.54) is 10.7 Å². The predicted octanol–water partition coefficient (Wildman–Crippen LogP) is 2.63. The van der Waals surface area contributed by atoms with Crippen LogP contribution < -0.4 is 5.73 Å². The number of hydrogen-bond donors (Lipinski definition) is 1. The van der Waals surface area contributed by atoms with Gasteiger partial charge in [-0.2, -0.15) is 11.8 Å². The molecule has 1 aromatic heterocycles. The molecule has 14 heavy (non-hydrogen) atoms. The van der Waals surface area contributed by atoms with Gasteiger partial charge in [-0.15, -0.1) is 11.3 Å². The maximum atomic E-state index is 5.43. The van der Waals surface area contributed by atoms with Crippen LogP contribution in [0.4, 0.5) is 0 Å². The molecule has 0 saturated heterocycles. The zero-order chi connectivity index (χ0) is 10.6. The summed E-state index contributed by atoms with van der Waals surface area (Å²) in [4.78, 5) is 4.61. The standard InChI is InChI=1S/C10H18N2S2/c1-10(2,3)9-12-8(7-14-9)6-13-5-4-11/h7H,4-6,11H2,1-3H3. The van der Waals surface area contributed by atoms with E-state index in [0.717, 1.165) is 18.1 Å². The minimum atomic E-state index is 0.182. The van der Waals surface area contributed by atoms with Crippen LogP contribution in [0.15, 0.2) is 5.38 Å². The first-order chi connectivity index (χ1) is 6.54. The molecule has 0 spiro atoms. The fraction of sp³-hybridized carbons (Fsp3) is 0.700. The minimum absolute atomic E-state index is 0.182. The number of thioether (sulfide) groups is 1.